The molecule has 2 rings (SSSR count). The van der Waals surface area contributed by atoms with Gasteiger partial charge in [-0.3, -0.25) is 9.79 Å². The minimum Gasteiger partial charge on any atom is -0.493 e. The highest BCUT2D eigenvalue weighted by Gasteiger charge is 2.12. The number of benzene rings is 1. The summed E-state index contributed by atoms with van der Waals surface area (Å²) in [4.78, 5) is 16.3. The molecule has 0 saturated carbocycles. The van der Waals surface area contributed by atoms with Crippen molar-refractivity contribution in [2.24, 2.45) is 10.9 Å². The zero-order valence-electron chi connectivity index (χ0n) is 18.6. The zero-order chi connectivity index (χ0) is 21.9. The molecule has 0 aliphatic heterocycles. The lowest BCUT2D eigenvalue weighted by molar-refractivity contribution is 0.0925. The SMILES string of the molecule is CN=C(NCCCNC(=O)c1occc1C)NC(C)c1ccc(OCC(C)C)cc1. The number of ether oxygens (including phenoxy) is 1. The first kappa shape index (κ1) is 23.3. The summed E-state index contributed by atoms with van der Waals surface area (Å²) in [6.45, 7) is 10.2. The number of carbonyl (C=O) groups excluding carboxylic acids is 1. The number of guanidine groups is 1. The van der Waals surface area contributed by atoms with Gasteiger partial charge in [-0.15, -0.1) is 0 Å². The molecule has 1 heterocycles. The first-order valence-corrected chi connectivity index (χ1v) is 10.4. The van der Waals surface area contributed by atoms with Gasteiger partial charge in [0.1, 0.15) is 5.75 Å². The summed E-state index contributed by atoms with van der Waals surface area (Å²) in [5.74, 6) is 2.29. The molecule has 164 valence electrons. The van der Waals surface area contributed by atoms with Crippen molar-refractivity contribution >= 4 is 11.9 Å². The molecule has 3 N–H and O–H groups in total. The Kier molecular flexibility index (Phi) is 9.25. The van der Waals surface area contributed by atoms with Gasteiger partial charge < -0.3 is 25.1 Å². The molecule has 2 aromatic rings. The quantitative estimate of drug-likeness (QED) is 0.314. The Balaban J connectivity index is 1.70. The molecule has 0 bridgehead atoms. The predicted octanol–water partition coefficient (Wildman–Crippen LogP) is 3.67. The molecule has 1 unspecified atom stereocenters. The van der Waals surface area contributed by atoms with Crippen molar-refractivity contribution in [3.8, 4) is 5.75 Å². The normalized spacial score (nSPS) is 12.5. The van der Waals surface area contributed by atoms with Crippen LogP contribution in [0.15, 0.2) is 46.0 Å². The largest absolute Gasteiger partial charge is 0.493 e. The van der Waals surface area contributed by atoms with Crippen molar-refractivity contribution in [3.05, 3.63) is 53.5 Å². The van der Waals surface area contributed by atoms with E-state index in [1.54, 1.807) is 13.1 Å². The van der Waals surface area contributed by atoms with Gasteiger partial charge in [0.15, 0.2) is 11.7 Å². The number of carbonyl (C=O) groups is 1. The fourth-order valence-electron chi connectivity index (χ4n) is 2.78. The monoisotopic (exact) mass is 414 g/mol. The molecule has 0 aliphatic carbocycles. The molecule has 1 aromatic carbocycles. The van der Waals surface area contributed by atoms with Gasteiger partial charge in [-0.25, -0.2) is 0 Å². The average Bonchev–Trinajstić information content (AvgIpc) is 3.17. The van der Waals surface area contributed by atoms with E-state index < -0.39 is 0 Å². The second-order valence-corrected chi connectivity index (χ2v) is 7.68. The summed E-state index contributed by atoms with van der Waals surface area (Å²) in [5, 5.41) is 9.51. The van der Waals surface area contributed by atoms with Gasteiger partial charge in [-0.05, 0) is 49.9 Å². The van der Waals surface area contributed by atoms with Crippen LogP contribution in [0.3, 0.4) is 0 Å². The maximum absolute atomic E-state index is 12.0. The molecule has 0 fully saturated rings. The van der Waals surface area contributed by atoms with Gasteiger partial charge in [-0.2, -0.15) is 0 Å². The van der Waals surface area contributed by atoms with Crippen LogP contribution in [0, 0.1) is 12.8 Å². The number of rotatable bonds is 10. The highest BCUT2D eigenvalue weighted by atomic mass is 16.5. The van der Waals surface area contributed by atoms with E-state index in [2.05, 4.69) is 53.8 Å². The number of aliphatic imine (C=N–C) groups is 1. The van der Waals surface area contributed by atoms with E-state index in [4.69, 9.17) is 9.15 Å². The van der Waals surface area contributed by atoms with E-state index in [9.17, 15) is 4.79 Å². The van der Waals surface area contributed by atoms with E-state index in [0.717, 1.165) is 29.3 Å². The molecule has 1 aromatic heterocycles. The van der Waals surface area contributed by atoms with Crippen molar-refractivity contribution in [2.75, 3.05) is 26.7 Å². The number of amides is 1. The summed E-state index contributed by atoms with van der Waals surface area (Å²) in [6.07, 6.45) is 2.29. The van der Waals surface area contributed by atoms with E-state index in [1.165, 1.54) is 6.26 Å². The molecule has 7 nitrogen and oxygen atoms in total. The van der Waals surface area contributed by atoms with Crippen molar-refractivity contribution < 1.29 is 13.9 Å². The van der Waals surface area contributed by atoms with Gasteiger partial charge in [0.05, 0.1) is 18.9 Å². The van der Waals surface area contributed by atoms with E-state index >= 15 is 0 Å². The molecule has 1 amide bonds. The number of aryl methyl sites for hydroxylation is 1. The van der Waals surface area contributed by atoms with Gasteiger partial charge in [0.25, 0.3) is 5.91 Å². The third-order valence-electron chi connectivity index (χ3n) is 4.54. The summed E-state index contributed by atoms with van der Waals surface area (Å²) in [5.41, 5.74) is 1.99. The van der Waals surface area contributed by atoms with Gasteiger partial charge in [-0.1, -0.05) is 26.0 Å². The highest BCUT2D eigenvalue weighted by molar-refractivity contribution is 5.92. The molecule has 0 aliphatic rings. The third kappa shape index (κ3) is 7.46. The van der Waals surface area contributed by atoms with Crippen molar-refractivity contribution in [2.45, 2.75) is 40.2 Å². The lowest BCUT2D eigenvalue weighted by Crippen LogP contribution is -2.40. The first-order chi connectivity index (χ1) is 14.4. The molecular formula is C23H34N4O3. The van der Waals surface area contributed by atoms with Crippen molar-refractivity contribution in [1.29, 1.82) is 0 Å². The standard InChI is InChI=1S/C23H34N4O3/c1-16(2)15-30-20-9-7-19(8-10-20)18(4)27-23(24-5)26-13-6-12-25-22(28)21-17(3)11-14-29-21/h7-11,14,16,18H,6,12-13,15H2,1-5H3,(H,25,28)(H2,24,26,27). The van der Waals surface area contributed by atoms with Crippen LogP contribution in [0.4, 0.5) is 0 Å². The van der Waals surface area contributed by atoms with Crippen LogP contribution in [0.5, 0.6) is 5.75 Å². The van der Waals surface area contributed by atoms with Crippen LogP contribution in [0.25, 0.3) is 0 Å². The third-order valence-corrected chi connectivity index (χ3v) is 4.54. The lowest BCUT2D eigenvalue weighted by atomic mass is 10.1. The molecule has 0 spiro atoms. The highest BCUT2D eigenvalue weighted by Crippen LogP contribution is 2.18. The summed E-state index contributed by atoms with van der Waals surface area (Å²) < 4.78 is 10.9. The Labute approximate surface area is 179 Å². The molecule has 0 saturated heterocycles. The molecule has 1 atom stereocenters. The number of hydrogen-bond acceptors (Lipinski definition) is 4. The van der Waals surface area contributed by atoms with Crippen LogP contribution in [0.1, 0.15) is 54.9 Å². The van der Waals surface area contributed by atoms with Crippen molar-refractivity contribution in [1.82, 2.24) is 16.0 Å². The summed E-state index contributed by atoms with van der Waals surface area (Å²) in [7, 11) is 1.74. The number of hydrogen-bond donors (Lipinski definition) is 3. The Hall–Kier alpha value is -2.96. The fourth-order valence-corrected chi connectivity index (χ4v) is 2.78. The van der Waals surface area contributed by atoms with Crippen LogP contribution >= 0.6 is 0 Å². The Bertz CT molecular complexity index is 812. The van der Waals surface area contributed by atoms with Crippen LogP contribution in [-0.2, 0) is 0 Å². The maximum atomic E-state index is 12.0. The maximum Gasteiger partial charge on any atom is 0.287 e. The first-order valence-electron chi connectivity index (χ1n) is 10.4. The second kappa shape index (κ2) is 11.9. The van der Waals surface area contributed by atoms with E-state index in [-0.39, 0.29) is 11.9 Å². The topological polar surface area (TPSA) is 87.9 Å². The average molecular weight is 415 g/mol. The van der Waals surface area contributed by atoms with Gasteiger partial charge in [0, 0.05) is 25.7 Å². The minimum absolute atomic E-state index is 0.0944. The Morgan fingerprint density at radius 2 is 1.80 bits per heavy atom. The summed E-state index contributed by atoms with van der Waals surface area (Å²) in [6, 6.07) is 9.99. The predicted molar refractivity (Wildman–Crippen MR) is 120 cm³/mol. The smallest absolute Gasteiger partial charge is 0.287 e. The minimum atomic E-state index is -0.186. The molecular weight excluding hydrogens is 380 g/mol. The van der Waals surface area contributed by atoms with Crippen molar-refractivity contribution in [3.63, 3.8) is 0 Å². The Morgan fingerprint density at radius 1 is 1.10 bits per heavy atom. The number of furan rings is 1. The second-order valence-electron chi connectivity index (χ2n) is 7.68. The van der Waals surface area contributed by atoms with Crippen LogP contribution in [0.2, 0.25) is 0 Å². The van der Waals surface area contributed by atoms with E-state index in [0.29, 0.717) is 31.4 Å². The van der Waals surface area contributed by atoms with Crippen LogP contribution in [-0.4, -0.2) is 38.6 Å². The molecule has 7 heteroatoms. The fraction of sp³-hybridized carbons (Fsp3) is 0.478. The van der Waals surface area contributed by atoms with Crippen LogP contribution < -0.4 is 20.7 Å². The van der Waals surface area contributed by atoms with E-state index in [1.807, 2.05) is 19.1 Å². The number of nitrogens with one attached hydrogen (secondary N) is 3. The molecule has 0 radical (unpaired) electrons. The van der Waals surface area contributed by atoms with Gasteiger partial charge >= 0.3 is 0 Å². The zero-order valence-corrected chi connectivity index (χ0v) is 18.6. The Morgan fingerprint density at radius 3 is 2.40 bits per heavy atom. The number of nitrogens with zero attached hydrogens (tertiary/aromatic N) is 1. The summed E-state index contributed by atoms with van der Waals surface area (Å²) >= 11 is 0. The lowest BCUT2D eigenvalue weighted by Gasteiger charge is -2.19. The van der Waals surface area contributed by atoms with Gasteiger partial charge in [0.2, 0.25) is 0 Å². The molecule has 30 heavy (non-hydrogen) atoms.